The van der Waals surface area contributed by atoms with E-state index in [9.17, 15) is 4.39 Å². The van der Waals surface area contributed by atoms with E-state index in [-0.39, 0.29) is 5.82 Å². The molecular weight excluding hydrogens is 277 g/mol. The first-order valence-corrected chi connectivity index (χ1v) is 6.93. The summed E-state index contributed by atoms with van der Waals surface area (Å²) in [5.41, 5.74) is 7.42. The van der Waals surface area contributed by atoms with Crippen molar-refractivity contribution in [2.45, 2.75) is 19.4 Å². The van der Waals surface area contributed by atoms with Crippen LogP contribution in [0.4, 0.5) is 4.39 Å². The Bertz CT molecular complexity index is 574. The monoisotopic (exact) mass is 293 g/mol. The molecule has 0 saturated heterocycles. The van der Waals surface area contributed by atoms with Crippen molar-refractivity contribution in [2.24, 2.45) is 5.73 Å². The van der Waals surface area contributed by atoms with Gasteiger partial charge in [-0.05, 0) is 43.1 Å². The van der Waals surface area contributed by atoms with Crippen molar-refractivity contribution < 1.29 is 9.13 Å². The zero-order valence-corrected chi connectivity index (χ0v) is 11.9. The summed E-state index contributed by atoms with van der Waals surface area (Å²) in [7, 11) is 0. The maximum Gasteiger partial charge on any atom is 0.124 e. The van der Waals surface area contributed by atoms with Gasteiger partial charge in [0.2, 0.25) is 0 Å². The lowest BCUT2D eigenvalue weighted by atomic mass is 10.1. The summed E-state index contributed by atoms with van der Waals surface area (Å²) in [5.74, 6) is 0.475. The summed E-state index contributed by atoms with van der Waals surface area (Å²) in [6.45, 7) is 0.969. The molecule has 0 aliphatic heterocycles. The van der Waals surface area contributed by atoms with Gasteiger partial charge < -0.3 is 10.5 Å². The number of ether oxygens (including phenoxy) is 1. The highest BCUT2D eigenvalue weighted by atomic mass is 35.5. The molecule has 106 valence electrons. The minimum absolute atomic E-state index is 0.318. The molecule has 0 atom stereocenters. The maximum absolute atomic E-state index is 13.0. The molecule has 0 aliphatic carbocycles. The lowest BCUT2D eigenvalue weighted by molar-refractivity contribution is 0.302. The number of aryl methyl sites for hydroxylation is 1. The van der Waals surface area contributed by atoms with E-state index in [1.807, 2.05) is 24.3 Å². The molecular formula is C16H17ClFNO. The van der Waals surface area contributed by atoms with Crippen LogP contribution in [0.25, 0.3) is 0 Å². The molecule has 0 spiro atoms. The Labute approximate surface area is 123 Å². The number of benzene rings is 2. The topological polar surface area (TPSA) is 35.2 Å². The molecule has 2 nitrogen and oxygen atoms in total. The van der Waals surface area contributed by atoms with Gasteiger partial charge in [-0.3, -0.25) is 0 Å². The third kappa shape index (κ3) is 3.95. The molecule has 2 aromatic rings. The predicted octanol–water partition coefficient (Wildman–Crippen LogP) is 3.95. The van der Waals surface area contributed by atoms with Crippen molar-refractivity contribution in [3.05, 3.63) is 64.4 Å². The summed E-state index contributed by atoms with van der Waals surface area (Å²) >= 11 is 5.98. The van der Waals surface area contributed by atoms with Crippen LogP contribution in [0.15, 0.2) is 42.5 Å². The van der Waals surface area contributed by atoms with Crippen molar-refractivity contribution in [3.63, 3.8) is 0 Å². The van der Waals surface area contributed by atoms with Crippen LogP contribution in [-0.2, 0) is 13.0 Å². The SMILES string of the molecule is NCCCc1ccccc1OCc1ccc(F)cc1Cl. The lowest BCUT2D eigenvalue weighted by Crippen LogP contribution is -2.03. The molecule has 0 fully saturated rings. The summed E-state index contributed by atoms with van der Waals surface area (Å²) in [5, 5.41) is 0.379. The molecule has 0 aliphatic rings. The Morgan fingerprint density at radius 3 is 2.65 bits per heavy atom. The van der Waals surface area contributed by atoms with E-state index < -0.39 is 0 Å². The van der Waals surface area contributed by atoms with Gasteiger partial charge in [-0.1, -0.05) is 35.9 Å². The second kappa shape index (κ2) is 7.27. The molecule has 0 heterocycles. The molecule has 0 unspecified atom stereocenters. The van der Waals surface area contributed by atoms with Gasteiger partial charge in [0.15, 0.2) is 0 Å². The van der Waals surface area contributed by atoms with Crippen LogP contribution in [0.1, 0.15) is 17.5 Å². The number of para-hydroxylation sites is 1. The van der Waals surface area contributed by atoms with Gasteiger partial charge in [0.1, 0.15) is 18.2 Å². The first-order chi connectivity index (χ1) is 9.70. The Morgan fingerprint density at radius 2 is 1.90 bits per heavy atom. The van der Waals surface area contributed by atoms with Crippen molar-refractivity contribution in [1.82, 2.24) is 0 Å². The smallest absolute Gasteiger partial charge is 0.124 e. The minimum Gasteiger partial charge on any atom is -0.489 e. The third-order valence-electron chi connectivity index (χ3n) is 3.02. The summed E-state index contributed by atoms with van der Waals surface area (Å²) in [4.78, 5) is 0. The van der Waals surface area contributed by atoms with Crippen LogP contribution in [0.3, 0.4) is 0 Å². The Balaban J connectivity index is 2.06. The molecule has 2 rings (SSSR count). The van der Waals surface area contributed by atoms with Gasteiger partial charge in [0.05, 0.1) is 5.02 Å². The van der Waals surface area contributed by atoms with Crippen molar-refractivity contribution >= 4 is 11.6 Å². The van der Waals surface area contributed by atoms with Crippen LogP contribution in [0.2, 0.25) is 5.02 Å². The Hall–Kier alpha value is -1.58. The fourth-order valence-electron chi connectivity index (χ4n) is 1.94. The average molecular weight is 294 g/mol. The molecule has 0 bridgehead atoms. The molecule has 4 heteroatoms. The standard InChI is InChI=1S/C16H17ClFNO/c17-15-10-14(18)8-7-13(15)11-20-16-6-2-1-4-12(16)5-3-9-19/h1-2,4,6-8,10H,3,5,9,11,19H2. The fraction of sp³-hybridized carbons (Fsp3) is 0.250. The zero-order valence-electron chi connectivity index (χ0n) is 11.1. The second-order valence-electron chi connectivity index (χ2n) is 4.52. The number of hydrogen-bond acceptors (Lipinski definition) is 2. The number of halogens is 2. The Morgan fingerprint density at radius 1 is 1.10 bits per heavy atom. The normalized spacial score (nSPS) is 10.6. The van der Waals surface area contributed by atoms with Crippen LogP contribution in [0.5, 0.6) is 5.75 Å². The van der Waals surface area contributed by atoms with E-state index in [1.54, 1.807) is 6.07 Å². The van der Waals surface area contributed by atoms with Gasteiger partial charge >= 0.3 is 0 Å². The highest BCUT2D eigenvalue weighted by Crippen LogP contribution is 2.23. The first kappa shape index (κ1) is 14.8. The molecule has 2 N–H and O–H groups in total. The minimum atomic E-state index is -0.345. The molecule has 0 aromatic heterocycles. The maximum atomic E-state index is 13.0. The van der Waals surface area contributed by atoms with Crippen molar-refractivity contribution in [2.75, 3.05) is 6.54 Å². The largest absolute Gasteiger partial charge is 0.489 e. The van der Waals surface area contributed by atoms with Crippen molar-refractivity contribution in [3.8, 4) is 5.75 Å². The average Bonchev–Trinajstić information content (AvgIpc) is 2.45. The highest BCUT2D eigenvalue weighted by Gasteiger charge is 2.06. The Kier molecular flexibility index (Phi) is 5.39. The molecule has 0 radical (unpaired) electrons. The van der Waals surface area contributed by atoms with Gasteiger partial charge in [-0.25, -0.2) is 4.39 Å². The number of hydrogen-bond donors (Lipinski definition) is 1. The summed E-state index contributed by atoms with van der Waals surface area (Å²) in [6, 6.07) is 12.2. The van der Waals surface area contributed by atoms with Gasteiger partial charge in [-0.2, -0.15) is 0 Å². The second-order valence-corrected chi connectivity index (χ2v) is 4.93. The number of nitrogens with two attached hydrogens (primary N) is 1. The fourth-order valence-corrected chi connectivity index (χ4v) is 2.16. The molecule has 0 amide bonds. The van der Waals surface area contributed by atoms with Gasteiger partial charge in [-0.15, -0.1) is 0 Å². The van der Waals surface area contributed by atoms with Crippen LogP contribution < -0.4 is 10.5 Å². The quantitative estimate of drug-likeness (QED) is 0.875. The summed E-state index contributed by atoms with van der Waals surface area (Å²) < 4.78 is 18.8. The van der Waals surface area contributed by atoms with Crippen molar-refractivity contribution in [1.29, 1.82) is 0 Å². The highest BCUT2D eigenvalue weighted by molar-refractivity contribution is 6.31. The van der Waals surface area contributed by atoms with E-state index in [1.165, 1.54) is 12.1 Å². The van der Waals surface area contributed by atoms with E-state index in [0.29, 0.717) is 18.2 Å². The van der Waals surface area contributed by atoms with E-state index in [2.05, 4.69) is 0 Å². The molecule has 20 heavy (non-hydrogen) atoms. The van der Waals surface area contributed by atoms with E-state index in [4.69, 9.17) is 22.1 Å². The van der Waals surface area contributed by atoms with Crippen LogP contribution in [0, 0.1) is 5.82 Å². The first-order valence-electron chi connectivity index (χ1n) is 6.55. The van der Waals surface area contributed by atoms with Crippen LogP contribution in [-0.4, -0.2) is 6.54 Å². The van der Waals surface area contributed by atoms with E-state index >= 15 is 0 Å². The lowest BCUT2D eigenvalue weighted by Gasteiger charge is -2.12. The summed E-state index contributed by atoms with van der Waals surface area (Å²) in [6.07, 6.45) is 1.79. The van der Waals surface area contributed by atoms with Gasteiger partial charge in [0, 0.05) is 5.56 Å². The molecule has 2 aromatic carbocycles. The third-order valence-corrected chi connectivity index (χ3v) is 3.37. The van der Waals surface area contributed by atoms with Gasteiger partial charge in [0.25, 0.3) is 0 Å². The van der Waals surface area contributed by atoms with E-state index in [0.717, 1.165) is 29.7 Å². The predicted molar refractivity (Wildman–Crippen MR) is 79.6 cm³/mol. The molecule has 0 saturated carbocycles. The zero-order chi connectivity index (χ0) is 14.4. The number of rotatable bonds is 6. The van der Waals surface area contributed by atoms with Crippen LogP contribution >= 0.6 is 11.6 Å².